The first kappa shape index (κ1) is 23.4. The number of aromatic nitrogens is 3. The zero-order valence-corrected chi connectivity index (χ0v) is 18.8. The van der Waals surface area contributed by atoms with E-state index in [9.17, 15) is 24.1 Å². The number of nitrogens with one attached hydrogen (secondary N) is 1. The molecular weight excluding hydrogens is 463 g/mol. The van der Waals surface area contributed by atoms with E-state index in [1.165, 1.54) is 30.3 Å². The van der Waals surface area contributed by atoms with E-state index in [1.54, 1.807) is 0 Å². The number of carbonyl (C=O) groups is 2. The van der Waals surface area contributed by atoms with Crippen molar-refractivity contribution in [3.63, 3.8) is 0 Å². The van der Waals surface area contributed by atoms with Crippen molar-refractivity contribution < 1.29 is 18.9 Å². The molecule has 0 saturated carbocycles. The van der Waals surface area contributed by atoms with Gasteiger partial charge in [-0.05, 0) is 43.2 Å². The molecule has 3 N–H and O–H groups in total. The van der Waals surface area contributed by atoms with E-state index in [2.05, 4.69) is 15.5 Å². The van der Waals surface area contributed by atoms with Crippen molar-refractivity contribution in [2.24, 2.45) is 5.73 Å². The molecule has 1 aliphatic rings. The van der Waals surface area contributed by atoms with Crippen LogP contribution in [0.4, 0.5) is 15.8 Å². The van der Waals surface area contributed by atoms with E-state index in [1.807, 2.05) is 4.57 Å². The highest BCUT2D eigenvalue weighted by molar-refractivity contribution is 8.00. The van der Waals surface area contributed by atoms with Gasteiger partial charge in [0.1, 0.15) is 11.6 Å². The van der Waals surface area contributed by atoms with Crippen LogP contribution in [-0.2, 0) is 17.8 Å². The summed E-state index contributed by atoms with van der Waals surface area (Å²) in [6.07, 6.45) is 3.83. The van der Waals surface area contributed by atoms with Crippen molar-refractivity contribution in [3.05, 3.63) is 63.7 Å². The highest BCUT2D eigenvalue weighted by Gasteiger charge is 2.20. The fraction of sp³-hybridized carbons (Fsp3) is 0.273. The van der Waals surface area contributed by atoms with E-state index >= 15 is 0 Å². The van der Waals surface area contributed by atoms with Gasteiger partial charge in [0.25, 0.3) is 5.69 Å². The third-order valence-corrected chi connectivity index (χ3v) is 6.46. The van der Waals surface area contributed by atoms with Crippen molar-refractivity contribution in [3.8, 4) is 11.4 Å². The van der Waals surface area contributed by atoms with Gasteiger partial charge in [-0.2, -0.15) is 0 Å². The molecule has 2 amide bonds. The highest BCUT2D eigenvalue weighted by atomic mass is 32.2. The first-order chi connectivity index (χ1) is 16.3. The van der Waals surface area contributed by atoms with E-state index in [-0.39, 0.29) is 27.5 Å². The SMILES string of the molecule is NC(=O)c1ccc(SCC(=O)Nc2ccc(F)c(-c3nnc4n3CCCCC4)c2)c([N+](=O)[O-])c1. The Hall–Kier alpha value is -3.80. The number of aryl methyl sites for hydroxylation is 1. The van der Waals surface area contributed by atoms with Crippen LogP contribution in [0.3, 0.4) is 0 Å². The second-order valence-corrected chi connectivity index (χ2v) is 8.75. The lowest BCUT2D eigenvalue weighted by Crippen LogP contribution is -2.15. The molecule has 3 aromatic rings. The number of rotatable bonds is 7. The number of hydrogen-bond donors (Lipinski definition) is 2. The molecule has 0 unspecified atom stereocenters. The second kappa shape index (κ2) is 10.00. The number of thioether (sulfide) groups is 1. The number of nitro benzene ring substituents is 1. The molecule has 1 aromatic heterocycles. The summed E-state index contributed by atoms with van der Waals surface area (Å²) in [4.78, 5) is 34.7. The highest BCUT2D eigenvalue weighted by Crippen LogP contribution is 2.31. The van der Waals surface area contributed by atoms with Gasteiger partial charge in [0.05, 0.1) is 21.1 Å². The van der Waals surface area contributed by atoms with Gasteiger partial charge in [-0.3, -0.25) is 19.7 Å². The third-order valence-electron chi connectivity index (χ3n) is 5.40. The van der Waals surface area contributed by atoms with Crippen LogP contribution in [0, 0.1) is 15.9 Å². The maximum absolute atomic E-state index is 14.6. The molecule has 1 aliphatic heterocycles. The minimum atomic E-state index is -0.783. The molecule has 0 spiro atoms. The number of primary amides is 1. The quantitative estimate of drug-likeness (QED) is 0.296. The van der Waals surface area contributed by atoms with Crippen molar-refractivity contribution >= 4 is 35.0 Å². The lowest BCUT2D eigenvalue weighted by Gasteiger charge is -2.11. The van der Waals surface area contributed by atoms with Crippen LogP contribution < -0.4 is 11.1 Å². The average Bonchev–Trinajstić information content (AvgIpc) is 3.06. The summed E-state index contributed by atoms with van der Waals surface area (Å²) in [6.45, 7) is 0.706. The molecule has 10 nitrogen and oxygen atoms in total. The predicted molar refractivity (Wildman–Crippen MR) is 124 cm³/mol. The zero-order valence-electron chi connectivity index (χ0n) is 18.0. The molecule has 0 fully saturated rings. The topological polar surface area (TPSA) is 146 Å². The van der Waals surface area contributed by atoms with Gasteiger partial charge in [-0.15, -0.1) is 22.0 Å². The number of anilines is 1. The number of nitrogens with zero attached hydrogens (tertiary/aromatic N) is 4. The van der Waals surface area contributed by atoms with Gasteiger partial charge in [0.2, 0.25) is 11.8 Å². The van der Waals surface area contributed by atoms with Crippen molar-refractivity contribution in [1.29, 1.82) is 0 Å². The molecule has 176 valence electrons. The Morgan fingerprint density at radius 3 is 2.76 bits per heavy atom. The predicted octanol–water partition coefficient (Wildman–Crippen LogP) is 3.55. The number of fused-ring (bicyclic) bond motifs is 1. The molecule has 2 heterocycles. The Kier molecular flexibility index (Phi) is 6.87. The Bertz CT molecular complexity index is 1280. The molecule has 12 heteroatoms. The van der Waals surface area contributed by atoms with Crippen molar-refractivity contribution in [1.82, 2.24) is 14.8 Å². The molecule has 0 radical (unpaired) electrons. The average molecular weight is 485 g/mol. The minimum Gasteiger partial charge on any atom is -0.366 e. The number of hydrogen-bond acceptors (Lipinski definition) is 7. The van der Waals surface area contributed by atoms with E-state index < -0.39 is 22.6 Å². The number of amides is 2. The van der Waals surface area contributed by atoms with E-state index in [0.29, 0.717) is 18.1 Å². The maximum atomic E-state index is 14.6. The first-order valence-electron chi connectivity index (χ1n) is 10.6. The molecule has 0 saturated heterocycles. The molecule has 0 atom stereocenters. The molecular formula is C22H21FN6O4S. The van der Waals surface area contributed by atoms with Gasteiger partial charge in [0.15, 0.2) is 5.82 Å². The summed E-state index contributed by atoms with van der Waals surface area (Å²) in [5, 5.41) is 22.4. The summed E-state index contributed by atoms with van der Waals surface area (Å²) in [5.41, 5.74) is 5.47. The van der Waals surface area contributed by atoms with Crippen LogP contribution in [0.25, 0.3) is 11.4 Å². The summed E-state index contributed by atoms with van der Waals surface area (Å²) in [5.74, 6) is -0.585. The number of halogens is 1. The number of nitrogens with two attached hydrogens (primary N) is 1. The summed E-state index contributed by atoms with van der Waals surface area (Å²) in [7, 11) is 0. The van der Waals surface area contributed by atoms with Crippen LogP contribution in [0.1, 0.15) is 35.4 Å². The standard InChI is InChI=1S/C22H21FN6O4S/c23-16-7-6-14(11-15(16)22-27-26-19-4-2-1-3-9-28(19)22)25-20(30)12-34-18-8-5-13(21(24)31)10-17(18)29(32)33/h5-8,10-11H,1-4,9,12H2,(H2,24,31)(H,25,30). The van der Waals surface area contributed by atoms with Gasteiger partial charge in [0, 0.05) is 30.3 Å². The van der Waals surface area contributed by atoms with Crippen LogP contribution in [0.5, 0.6) is 0 Å². The van der Waals surface area contributed by atoms with Crippen LogP contribution in [-0.4, -0.2) is 37.3 Å². The van der Waals surface area contributed by atoms with Crippen molar-refractivity contribution in [2.45, 2.75) is 37.1 Å². The van der Waals surface area contributed by atoms with Gasteiger partial charge < -0.3 is 15.6 Å². The van der Waals surface area contributed by atoms with Gasteiger partial charge in [-0.1, -0.05) is 6.42 Å². The second-order valence-electron chi connectivity index (χ2n) is 7.74. The smallest absolute Gasteiger partial charge is 0.283 e. The Morgan fingerprint density at radius 2 is 2.00 bits per heavy atom. The molecule has 34 heavy (non-hydrogen) atoms. The minimum absolute atomic E-state index is 0.00529. The van der Waals surface area contributed by atoms with Crippen LogP contribution >= 0.6 is 11.8 Å². The van der Waals surface area contributed by atoms with E-state index in [4.69, 9.17) is 5.73 Å². The normalized spacial score (nSPS) is 13.1. The third kappa shape index (κ3) is 5.06. The lowest BCUT2D eigenvalue weighted by atomic mass is 10.1. The Labute approximate surface area is 197 Å². The van der Waals surface area contributed by atoms with Crippen LogP contribution in [0.2, 0.25) is 0 Å². The van der Waals surface area contributed by atoms with Crippen molar-refractivity contribution in [2.75, 3.05) is 11.1 Å². The fourth-order valence-corrected chi connectivity index (χ4v) is 4.54. The maximum Gasteiger partial charge on any atom is 0.283 e. The Balaban J connectivity index is 1.48. The largest absolute Gasteiger partial charge is 0.366 e. The molecule has 2 aromatic carbocycles. The van der Waals surface area contributed by atoms with Gasteiger partial charge >= 0.3 is 0 Å². The Morgan fingerprint density at radius 1 is 1.18 bits per heavy atom. The van der Waals surface area contributed by atoms with Crippen LogP contribution in [0.15, 0.2) is 41.3 Å². The molecule has 0 aliphatic carbocycles. The number of carbonyl (C=O) groups excluding carboxylic acids is 2. The first-order valence-corrected chi connectivity index (χ1v) is 11.5. The van der Waals surface area contributed by atoms with E-state index in [0.717, 1.165) is 49.3 Å². The lowest BCUT2D eigenvalue weighted by molar-refractivity contribution is -0.387. The fourth-order valence-electron chi connectivity index (χ4n) is 3.73. The summed E-state index contributed by atoms with van der Waals surface area (Å²) < 4.78 is 16.5. The summed E-state index contributed by atoms with van der Waals surface area (Å²) >= 11 is 0.943. The molecule has 4 rings (SSSR count). The zero-order chi connectivity index (χ0) is 24.2. The number of nitro groups is 1. The van der Waals surface area contributed by atoms with Gasteiger partial charge in [-0.25, -0.2) is 4.39 Å². The monoisotopic (exact) mass is 484 g/mol. The summed E-state index contributed by atoms with van der Waals surface area (Å²) in [6, 6.07) is 8.02. The number of benzene rings is 2. The molecule has 0 bridgehead atoms.